The highest BCUT2D eigenvalue weighted by atomic mass is 35.5. The highest BCUT2D eigenvalue weighted by Gasteiger charge is 2.20. The molecular weight excluding hydrogens is 364 g/mol. The van der Waals surface area contributed by atoms with Crippen molar-refractivity contribution in [3.8, 4) is 11.5 Å². The zero-order valence-electron chi connectivity index (χ0n) is 16.2. The van der Waals surface area contributed by atoms with Crippen LogP contribution in [0.1, 0.15) is 30.9 Å². The van der Waals surface area contributed by atoms with Crippen LogP contribution in [0.4, 0.5) is 5.82 Å². The summed E-state index contributed by atoms with van der Waals surface area (Å²) in [6, 6.07) is 6.58. The summed E-state index contributed by atoms with van der Waals surface area (Å²) in [5, 5.41) is 3.80. The largest absolute Gasteiger partial charge is 0.493 e. The number of halogens is 1. The summed E-state index contributed by atoms with van der Waals surface area (Å²) < 4.78 is 11.1. The standard InChI is InChI=1S/C20H27ClN4O2/c1-4-27-18-11-15(5-6-17(18)26-3)13-25-9-7-16(8-10-25)23-19-14(2)12-22-20(21)24-19/h5-6,11-12,16H,4,7-10,13H2,1-3H3,(H,22,23,24). The third-order valence-corrected chi connectivity index (χ3v) is 4.99. The third kappa shape index (κ3) is 5.23. The molecule has 1 aromatic heterocycles. The number of aromatic nitrogens is 2. The number of ether oxygens (including phenoxy) is 2. The number of likely N-dealkylation sites (tertiary alicyclic amines) is 1. The summed E-state index contributed by atoms with van der Waals surface area (Å²) in [5.74, 6) is 2.43. The van der Waals surface area contributed by atoms with Gasteiger partial charge in [0.1, 0.15) is 5.82 Å². The smallest absolute Gasteiger partial charge is 0.224 e. The Bertz CT molecular complexity index is 764. The van der Waals surface area contributed by atoms with Gasteiger partial charge in [0.15, 0.2) is 11.5 Å². The van der Waals surface area contributed by atoms with Gasteiger partial charge < -0.3 is 14.8 Å². The number of hydrogen-bond donors (Lipinski definition) is 1. The van der Waals surface area contributed by atoms with Gasteiger partial charge in [-0.2, -0.15) is 0 Å². The number of anilines is 1. The van der Waals surface area contributed by atoms with Crippen molar-refractivity contribution in [2.75, 3.05) is 32.1 Å². The van der Waals surface area contributed by atoms with Crippen LogP contribution in [0.15, 0.2) is 24.4 Å². The summed E-state index contributed by atoms with van der Waals surface area (Å²) in [4.78, 5) is 10.8. The molecule has 1 fully saturated rings. The van der Waals surface area contributed by atoms with Crippen molar-refractivity contribution < 1.29 is 9.47 Å². The summed E-state index contributed by atoms with van der Waals surface area (Å²) in [6.07, 6.45) is 3.89. The quantitative estimate of drug-likeness (QED) is 0.723. The second kappa shape index (κ2) is 9.24. The first kappa shape index (κ1) is 19.7. The molecule has 2 heterocycles. The number of rotatable bonds is 7. The second-order valence-electron chi connectivity index (χ2n) is 6.78. The lowest BCUT2D eigenvalue weighted by Crippen LogP contribution is -2.38. The molecule has 0 atom stereocenters. The minimum absolute atomic E-state index is 0.283. The van der Waals surface area contributed by atoms with Crippen molar-refractivity contribution in [3.63, 3.8) is 0 Å². The number of nitrogens with zero attached hydrogens (tertiary/aromatic N) is 3. The molecule has 0 spiro atoms. The van der Waals surface area contributed by atoms with Gasteiger partial charge in [-0.1, -0.05) is 6.07 Å². The number of piperidine rings is 1. The number of hydrogen-bond acceptors (Lipinski definition) is 6. The van der Waals surface area contributed by atoms with E-state index in [2.05, 4.69) is 32.3 Å². The first-order valence-electron chi connectivity index (χ1n) is 9.36. The molecule has 0 amide bonds. The van der Waals surface area contributed by atoms with Crippen molar-refractivity contribution in [2.45, 2.75) is 39.3 Å². The van der Waals surface area contributed by atoms with Gasteiger partial charge in [-0.15, -0.1) is 0 Å². The van der Waals surface area contributed by atoms with Crippen LogP contribution in [0.5, 0.6) is 11.5 Å². The minimum atomic E-state index is 0.283. The molecule has 0 unspecified atom stereocenters. The van der Waals surface area contributed by atoms with Crippen LogP contribution < -0.4 is 14.8 Å². The van der Waals surface area contributed by atoms with Crippen LogP contribution in [0.2, 0.25) is 5.28 Å². The molecule has 1 aliphatic rings. The van der Waals surface area contributed by atoms with Crippen molar-refractivity contribution >= 4 is 17.4 Å². The van der Waals surface area contributed by atoms with Crippen molar-refractivity contribution in [1.29, 1.82) is 0 Å². The monoisotopic (exact) mass is 390 g/mol. The van der Waals surface area contributed by atoms with Gasteiger partial charge in [0, 0.05) is 37.4 Å². The Morgan fingerprint density at radius 3 is 2.74 bits per heavy atom. The molecule has 146 valence electrons. The average Bonchev–Trinajstić information content (AvgIpc) is 2.67. The van der Waals surface area contributed by atoms with E-state index in [1.807, 2.05) is 19.9 Å². The number of aryl methyl sites for hydroxylation is 1. The van der Waals surface area contributed by atoms with E-state index in [9.17, 15) is 0 Å². The van der Waals surface area contributed by atoms with E-state index in [1.165, 1.54) is 5.56 Å². The molecule has 2 aromatic rings. The molecule has 7 heteroatoms. The highest BCUT2D eigenvalue weighted by molar-refractivity contribution is 6.28. The predicted molar refractivity (Wildman–Crippen MR) is 108 cm³/mol. The Balaban J connectivity index is 1.55. The molecule has 1 N–H and O–H groups in total. The molecule has 3 rings (SSSR count). The Morgan fingerprint density at radius 1 is 1.26 bits per heavy atom. The molecule has 27 heavy (non-hydrogen) atoms. The molecule has 1 aromatic carbocycles. The Morgan fingerprint density at radius 2 is 2.04 bits per heavy atom. The normalized spacial score (nSPS) is 15.6. The molecular formula is C20H27ClN4O2. The predicted octanol–water partition coefficient (Wildman–Crippen LogP) is 3.92. The van der Waals surface area contributed by atoms with Gasteiger partial charge in [0.25, 0.3) is 0 Å². The number of nitrogens with one attached hydrogen (secondary N) is 1. The fourth-order valence-corrected chi connectivity index (χ4v) is 3.47. The fraction of sp³-hybridized carbons (Fsp3) is 0.500. The first-order chi connectivity index (χ1) is 13.1. The Hall–Kier alpha value is -2.05. The van der Waals surface area contributed by atoms with Gasteiger partial charge in [-0.3, -0.25) is 4.90 Å². The molecule has 1 saturated heterocycles. The maximum Gasteiger partial charge on any atom is 0.224 e. The van der Waals surface area contributed by atoms with Gasteiger partial charge in [-0.25, -0.2) is 9.97 Å². The van der Waals surface area contributed by atoms with Gasteiger partial charge >= 0.3 is 0 Å². The maximum absolute atomic E-state index is 5.92. The topological polar surface area (TPSA) is 59.5 Å². The lowest BCUT2D eigenvalue weighted by atomic mass is 10.0. The summed E-state index contributed by atoms with van der Waals surface area (Å²) >= 11 is 5.92. The molecule has 6 nitrogen and oxygen atoms in total. The minimum Gasteiger partial charge on any atom is -0.493 e. The lowest BCUT2D eigenvalue weighted by Gasteiger charge is -2.33. The average molecular weight is 391 g/mol. The fourth-order valence-electron chi connectivity index (χ4n) is 3.34. The Labute approximate surface area is 165 Å². The van der Waals surface area contributed by atoms with E-state index in [0.29, 0.717) is 12.6 Å². The van der Waals surface area contributed by atoms with Crippen molar-refractivity contribution in [3.05, 3.63) is 40.8 Å². The van der Waals surface area contributed by atoms with Crippen LogP contribution in [-0.4, -0.2) is 47.7 Å². The van der Waals surface area contributed by atoms with E-state index in [0.717, 1.165) is 55.4 Å². The molecule has 0 bridgehead atoms. The molecule has 0 saturated carbocycles. The third-order valence-electron chi connectivity index (χ3n) is 4.80. The summed E-state index contributed by atoms with van der Waals surface area (Å²) in [5.41, 5.74) is 2.26. The van der Waals surface area contributed by atoms with Gasteiger partial charge in [0.2, 0.25) is 5.28 Å². The molecule has 1 aliphatic heterocycles. The zero-order valence-corrected chi connectivity index (χ0v) is 16.9. The van der Waals surface area contributed by atoms with Crippen LogP contribution >= 0.6 is 11.6 Å². The Kier molecular flexibility index (Phi) is 6.74. The number of benzene rings is 1. The van der Waals surface area contributed by atoms with Crippen molar-refractivity contribution in [1.82, 2.24) is 14.9 Å². The van der Waals surface area contributed by atoms with E-state index in [4.69, 9.17) is 21.1 Å². The van der Waals surface area contributed by atoms with E-state index in [1.54, 1.807) is 13.3 Å². The maximum atomic E-state index is 5.92. The zero-order chi connectivity index (χ0) is 19.2. The van der Waals surface area contributed by atoms with Crippen molar-refractivity contribution in [2.24, 2.45) is 0 Å². The molecule has 0 radical (unpaired) electrons. The summed E-state index contributed by atoms with van der Waals surface area (Å²) in [6.45, 7) is 7.58. The lowest BCUT2D eigenvalue weighted by molar-refractivity contribution is 0.210. The highest BCUT2D eigenvalue weighted by Crippen LogP contribution is 2.29. The van der Waals surface area contributed by atoms with Crippen LogP contribution in [0, 0.1) is 6.92 Å². The number of methoxy groups -OCH3 is 1. The van der Waals surface area contributed by atoms with Crippen LogP contribution in [-0.2, 0) is 6.54 Å². The SMILES string of the molecule is CCOc1cc(CN2CCC(Nc3nc(Cl)ncc3C)CC2)ccc1OC. The first-order valence-corrected chi connectivity index (χ1v) is 9.74. The van der Waals surface area contributed by atoms with Crippen LogP contribution in [0.25, 0.3) is 0 Å². The van der Waals surface area contributed by atoms with E-state index in [-0.39, 0.29) is 5.28 Å². The summed E-state index contributed by atoms with van der Waals surface area (Å²) in [7, 11) is 1.67. The second-order valence-corrected chi connectivity index (χ2v) is 7.12. The van der Waals surface area contributed by atoms with E-state index < -0.39 is 0 Å². The molecule has 0 aliphatic carbocycles. The van der Waals surface area contributed by atoms with Crippen LogP contribution in [0.3, 0.4) is 0 Å². The van der Waals surface area contributed by atoms with Gasteiger partial charge in [-0.05, 0) is 56.0 Å². The van der Waals surface area contributed by atoms with E-state index >= 15 is 0 Å². The van der Waals surface area contributed by atoms with Gasteiger partial charge in [0.05, 0.1) is 13.7 Å².